The van der Waals surface area contributed by atoms with Crippen LogP contribution in [0.5, 0.6) is 0 Å². The molecule has 1 aliphatic heterocycles. The Morgan fingerprint density at radius 2 is 1.51 bits per heavy atom. The van der Waals surface area contributed by atoms with Crippen molar-refractivity contribution in [1.82, 2.24) is 13.6 Å². The Labute approximate surface area is 220 Å². The van der Waals surface area contributed by atoms with Crippen molar-refractivity contribution < 1.29 is 30.0 Å². The molecule has 11 nitrogen and oxygen atoms in total. The number of nitrogens with zero attached hydrogens (tertiary/aromatic N) is 3. The van der Waals surface area contributed by atoms with Gasteiger partial charge in [0.2, 0.25) is 26.0 Å². The highest BCUT2D eigenvalue weighted by Crippen LogP contribution is 2.30. The number of rotatable bonds is 7. The molecule has 0 spiro atoms. The van der Waals surface area contributed by atoms with Crippen molar-refractivity contribution in [3.05, 3.63) is 42.5 Å². The minimum absolute atomic E-state index is 0.00655. The minimum atomic E-state index is -3.83. The van der Waals surface area contributed by atoms with Crippen LogP contribution < -0.4 is 5.32 Å². The molecule has 1 aromatic heterocycles. The van der Waals surface area contributed by atoms with Gasteiger partial charge in [0.05, 0.1) is 24.9 Å². The Hall–Kier alpha value is -2.43. The lowest BCUT2D eigenvalue weighted by atomic mass is 9.97. The van der Waals surface area contributed by atoms with Gasteiger partial charge >= 0.3 is 0 Å². The summed E-state index contributed by atoms with van der Waals surface area (Å²) in [7, 11) is -7.97. The number of nitrogens with one attached hydrogen (secondary N) is 1. The maximum absolute atomic E-state index is 13.0. The number of thiazole rings is 1. The second-order valence-corrected chi connectivity index (χ2v) is 16.0. The zero-order valence-electron chi connectivity index (χ0n) is 20.3. The zero-order chi connectivity index (χ0) is 27.2. The van der Waals surface area contributed by atoms with E-state index in [1.54, 1.807) is 6.07 Å². The Kier molecular flexibility index (Phi) is 7.49. The van der Waals surface area contributed by atoms with Crippen molar-refractivity contribution in [3.8, 4) is 0 Å². The van der Waals surface area contributed by atoms with E-state index < -0.39 is 35.8 Å². The van der Waals surface area contributed by atoms with Gasteiger partial charge in [0.1, 0.15) is 0 Å². The second-order valence-electron chi connectivity index (χ2n) is 8.85. The van der Waals surface area contributed by atoms with Crippen LogP contribution in [0.4, 0.5) is 5.13 Å². The van der Waals surface area contributed by atoms with E-state index in [-0.39, 0.29) is 33.7 Å². The van der Waals surface area contributed by atoms with E-state index in [0.717, 1.165) is 21.9 Å². The molecule has 0 radical (unpaired) electrons. The molecule has 2 heterocycles. The summed E-state index contributed by atoms with van der Waals surface area (Å²) in [5.74, 6) is -0.703. The number of anilines is 1. The van der Waals surface area contributed by atoms with E-state index in [4.69, 9.17) is 0 Å². The number of hydrogen-bond acceptors (Lipinski definition) is 9. The Balaban J connectivity index is 1.41. The first-order chi connectivity index (χ1) is 17.2. The Morgan fingerprint density at radius 3 is 2.08 bits per heavy atom. The number of piperidine rings is 1. The first-order valence-corrected chi connectivity index (χ1v) is 16.7. The van der Waals surface area contributed by atoms with Crippen molar-refractivity contribution in [2.45, 2.75) is 27.5 Å². The maximum Gasteiger partial charge on any atom is 0.243 e. The van der Waals surface area contributed by atoms with Crippen LogP contribution in [-0.4, -0.2) is 78.2 Å². The first kappa shape index (κ1) is 27.6. The molecule has 3 aromatic rings. The predicted molar refractivity (Wildman–Crippen MR) is 140 cm³/mol. The van der Waals surface area contributed by atoms with E-state index in [2.05, 4.69) is 10.3 Å². The molecule has 1 fully saturated rings. The summed E-state index contributed by atoms with van der Waals surface area (Å²) in [5.41, 5.74) is 0.556. The van der Waals surface area contributed by atoms with E-state index in [1.807, 2.05) is 0 Å². The third kappa shape index (κ3) is 5.71. The average Bonchev–Trinajstić information content (AvgIpc) is 3.25. The minimum Gasteiger partial charge on any atom is -0.302 e. The molecule has 0 saturated carbocycles. The molecule has 200 valence electrons. The van der Waals surface area contributed by atoms with E-state index in [1.165, 1.54) is 54.8 Å². The summed E-state index contributed by atoms with van der Waals surface area (Å²) in [5, 5.41) is 3.11. The van der Waals surface area contributed by atoms with Gasteiger partial charge in [0, 0.05) is 39.4 Å². The van der Waals surface area contributed by atoms with Gasteiger partial charge in [-0.1, -0.05) is 11.3 Å². The number of aromatic nitrogens is 1. The number of sulfone groups is 1. The summed E-state index contributed by atoms with van der Waals surface area (Å²) < 4.78 is 77.0. The van der Waals surface area contributed by atoms with E-state index in [9.17, 15) is 30.0 Å². The van der Waals surface area contributed by atoms with Crippen molar-refractivity contribution in [2.75, 3.05) is 38.8 Å². The van der Waals surface area contributed by atoms with Crippen molar-refractivity contribution in [2.24, 2.45) is 5.92 Å². The van der Waals surface area contributed by atoms with Gasteiger partial charge in [-0.25, -0.2) is 34.5 Å². The lowest BCUT2D eigenvalue weighted by molar-refractivity contribution is -0.120. The van der Waals surface area contributed by atoms with Gasteiger partial charge in [0.25, 0.3) is 0 Å². The van der Waals surface area contributed by atoms with Crippen LogP contribution in [0.2, 0.25) is 0 Å². The number of fused-ring (bicyclic) bond motifs is 1. The molecule has 4 rings (SSSR count). The quantitative estimate of drug-likeness (QED) is 0.442. The highest BCUT2D eigenvalue weighted by Gasteiger charge is 2.32. The fraction of sp³-hybridized carbons (Fsp3) is 0.364. The fourth-order valence-electron chi connectivity index (χ4n) is 3.90. The van der Waals surface area contributed by atoms with Crippen LogP contribution in [0.1, 0.15) is 12.8 Å². The van der Waals surface area contributed by atoms with Crippen LogP contribution in [0.15, 0.2) is 57.2 Å². The highest BCUT2D eigenvalue weighted by atomic mass is 32.2. The number of benzene rings is 2. The van der Waals surface area contributed by atoms with Gasteiger partial charge in [-0.15, -0.1) is 0 Å². The van der Waals surface area contributed by atoms with Crippen LogP contribution in [0.3, 0.4) is 0 Å². The lowest BCUT2D eigenvalue weighted by Crippen LogP contribution is -2.41. The third-order valence-electron chi connectivity index (χ3n) is 6.08. The van der Waals surface area contributed by atoms with Crippen LogP contribution in [-0.2, 0) is 34.7 Å². The summed E-state index contributed by atoms with van der Waals surface area (Å²) in [6.07, 6.45) is 1.67. The molecule has 1 saturated heterocycles. The predicted octanol–water partition coefficient (Wildman–Crippen LogP) is 1.99. The van der Waals surface area contributed by atoms with E-state index >= 15 is 0 Å². The molecule has 1 N–H and O–H groups in total. The summed E-state index contributed by atoms with van der Waals surface area (Å²) in [4.78, 5) is 17.4. The zero-order valence-corrected chi connectivity index (χ0v) is 23.5. The molecule has 0 atom stereocenters. The smallest absolute Gasteiger partial charge is 0.243 e. The van der Waals surface area contributed by atoms with Gasteiger partial charge in [-0.05, 0) is 55.3 Å². The fourth-order valence-corrected chi connectivity index (χ4v) is 7.91. The molecule has 0 bridgehead atoms. The van der Waals surface area contributed by atoms with Crippen molar-refractivity contribution in [3.63, 3.8) is 0 Å². The van der Waals surface area contributed by atoms with Gasteiger partial charge in [-0.2, -0.15) is 4.31 Å². The lowest BCUT2D eigenvalue weighted by Gasteiger charge is -2.30. The number of sulfonamides is 2. The van der Waals surface area contributed by atoms with Crippen LogP contribution in [0.25, 0.3) is 10.2 Å². The SMILES string of the molecule is CN(C)S(=O)(=O)c1ccc2nc(NC(=O)C3CCN(S(=O)(=O)c4ccc(S(C)(=O)=O)cc4)CC3)sc2c1. The Morgan fingerprint density at radius 1 is 0.946 bits per heavy atom. The largest absolute Gasteiger partial charge is 0.302 e. The van der Waals surface area contributed by atoms with Gasteiger partial charge in [0.15, 0.2) is 15.0 Å². The van der Waals surface area contributed by atoms with Crippen molar-refractivity contribution in [1.29, 1.82) is 0 Å². The average molecular weight is 587 g/mol. The summed E-state index contributed by atoms with van der Waals surface area (Å²) >= 11 is 1.16. The topological polar surface area (TPSA) is 151 Å². The van der Waals surface area contributed by atoms with Crippen molar-refractivity contribution >= 4 is 62.5 Å². The number of carbonyl (C=O) groups excluding carboxylic acids is 1. The maximum atomic E-state index is 13.0. The van der Waals surface area contributed by atoms with Crippen LogP contribution in [0, 0.1) is 5.92 Å². The van der Waals surface area contributed by atoms with E-state index in [0.29, 0.717) is 28.2 Å². The first-order valence-electron chi connectivity index (χ1n) is 11.1. The molecule has 1 amide bonds. The molecule has 2 aromatic carbocycles. The molecular weight excluding hydrogens is 561 g/mol. The molecule has 0 aliphatic carbocycles. The molecule has 1 aliphatic rings. The standard InChI is InChI=1S/C22H26N4O7S4/c1-25(2)36(30,31)18-8-9-19-20(14-18)34-22(23-19)24-21(27)15-10-12-26(13-11-15)37(32,33)17-6-4-16(5-7-17)35(3,28)29/h4-9,14-15H,10-13H2,1-3H3,(H,23,24,27). The monoisotopic (exact) mass is 586 g/mol. The number of amides is 1. The molecule has 0 unspecified atom stereocenters. The summed E-state index contributed by atoms with van der Waals surface area (Å²) in [6.45, 7) is 0.277. The number of carbonyl (C=O) groups is 1. The second kappa shape index (κ2) is 10.0. The van der Waals surface area contributed by atoms with Gasteiger partial charge < -0.3 is 5.32 Å². The van der Waals surface area contributed by atoms with Crippen LogP contribution >= 0.6 is 11.3 Å². The van der Waals surface area contributed by atoms with Gasteiger partial charge in [-0.3, -0.25) is 4.79 Å². The summed E-state index contributed by atoms with van der Waals surface area (Å²) in [6, 6.07) is 9.64. The third-order valence-corrected chi connectivity index (χ3v) is 11.9. The molecule has 15 heteroatoms. The highest BCUT2D eigenvalue weighted by molar-refractivity contribution is 7.91. The normalized spacial score (nSPS) is 16.3. The molecular formula is C22H26N4O7S4. The number of hydrogen-bond donors (Lipinski definition) is 1. The Bertz CT molecular complexity index is 1660. The molecule has 37 heavy (non-hydrogen) atoms.